The van der Waals surface area contributed by atoms with Crippen LogP contribution in [0.3, 0.4) is 0 Å². The fourth-order valence-corrected chi connectivity index (χ4v) is 3.71. The summed E-state index contributed by atoms with van der Waals surface area (Å²) in [7, 11) is 0. The fraction of sp³-hybridized carbons (Fsp3) is 0.500. The summed E-state index contributed by atoms with van der Waals surface area (Å²) in [6, 6.07) is 5.97. The Labute approximate surface area is 147 Å². The number of tetrazole rings is 1. The molecule has 134 valence electrons. The van der Waals surface area contributed by atoms with Gasteiger partial charge in [0.25, 0.3) is 0 Å². The third-order valence-corrected chi connectivity index (χ3v) is 5.05. The Morgan fingerprint density at radius 3 is 2.64 bits per heavy atom. The molecular weight excluding hydrogens is 350 g/mol. The Balaban J connectivity index is 1.58. The minimum atomic E-state index is -2.88. The number of thioether (sulfide) groups is 1. The number of alkyl halides is 2. The van der Waals surface area contributed by atoms with E-state index in [0.29, 0.717) is 16.8 Å². The van der Waals surface area contributed by atoms with Crippen LogP contribution in [-0.2, 0) is 0 Å². The van der Waals surface area contributed by atoms with Gasteiger partial charge < -0.3 is 4.74 Å². The van der Waals surface area contributed by atoms with Gasteiger partial charge in [-0.15, -0.1) is 5.10 Å². The van der Waals surface area contributed by atoms with Crippen molar-refractivity contribution in [2.24, 2.45) is 0 Å². The van der Waals surface area contributed by atoms with E-state index >= 15 is 0 Å². The van der Waals surface area contributed by atoms with Gasteiger partial charge in [-0.1, -0.05) is 31.0 Å². The molecule has 1 saturated carbocycles. The van der Waals surface area contributed by atoms with E-state index in [1.165, 1.54) is 55.3 Å². The van der Waals surface area contributed by atoms with E-state index in [9.17, 15) is 13.6 Å². The number of carbonyl (C=O) groups excluding carboxylic acids is 1. The zero-order chi connectivity index (χ0) is 17.6. The first-order valence-corrected chi connectivity index (χ1v) is 9.11. The van der Waals surface area contributed by atoms with Gasteiger partial charge in [-0.3, -0.25) is 4.79 Å². The maximum Gasteiger partial charge on any atom is 0.387 e. The molecule has 0 spiro atoms. The first-order chi connectivity index (χ1) is 12.1. The molecule has 0 aliphatic heterocycles. The number of ether oxygens (including phenoxy) is 1. The first kappa shape index (κ1) is 17.8. The molecule has 6 nitrogen and oxygen atoms in total. The second kappa shape index (κ2) is 8.37. The van der Waals surface area contributed by atoms with Crippen LogP contribution in [-0.4, -0.2) is 38.4 Å². The monoisotopic (exact) mass is 368 g/mol. The number of benzene rings is 1. The molecule has 0 saturated heterocycles. The number of carbonyl (C=O) groups is 1. The molecule has 1 fully saturated rings. The minimum absolute atomic E-state index is 0.0282. The predicted molar refractivity (Wildman–Crippen MR) is 88.1 cm³/mol. The van der Waals surface area contributed by atoms with Crippen molar-refractivity contribution in [3.8, 4) is 5.75 Å². The van der Waals surface area contributed by atoms with E-state index in [1.807, 2.05) is 4.68 Å². The van der Waals surface area contributed by atoms with Crippen LogP contribution in [0.2, 0.25) is 0 Å². The van der Waals surface area contributed by atoms with E-state index in [-0.39, 0.29) is 17.3 Å². The average molecular weight is 368 g/mol. The Morgan fingerprint density at radius 2 is 1.96 bits per heavy atom. The summed E-state index contributed by atoms with van der Waals surface area (Å²) < 4.78 is 30.4. The van der Waals surface area contributed by atoms with Crippen LogP contribution < -0.4 is 4.74 Å². The van der Waals surface area contributed by atoms with E-state index in [2.05, 4.69) is 20.3 Å². The zero-order valence-corrected chi connectivity index (χ0v) is 14.3. The van der Waals surface area contributed by atoms with E-state index < -0.39 is 6.61 Å². The molecule has 0 N–H and O–H groups in total. The highest BCUT2D eigenvalue weighted by Gasteiger charge is 2.21. The summed E-state index contributed by atoms with van der Waals surface area (Å²) >= 11 is 1.29. The third kappa shape index (κ3) is 4.75. The van der Waals surface area contributed by atoms with E-state index in [4.69, 9.17) is 0 Å². The number of halogens is 2. The molecule has 0 amide bonds. The molecule has 1 heterocycles. The second-order valence-electron chi connectivity index (χ2n) is 5.81. The zero-order valence-electron chi connectivity index (χ0n) is 13.5. The molecule has 0 unspecified atom stereocenters. The van der Waals surface area contributed by atoms with Crippen molar-refractivity contribution in [1.82, 2.24) is 20.2 Å². The number of ketones is 1. The summed E-state index contributed by atoms with van der Waals surface area (Å²) in [5.41, 5.74) is 0.436. The quantitative estimate of drug-likeness (QED) is 0.547. The molecule has 1 aromatic carbocycles. The van der Waals surface area contributed by atoms with Gasteiger partial charge in [0, 0.05) is 5.56 Å². The van der Waals surface area contributed by atoms with Crippen LogP contribution in [0.1, 0.15) is 48.5 Å². The highest BCUT2D eigenvalue weighted by Crippen LogP contribution is 2.30. The largest absolute Gasteiger partial charge is 0.435 e. The molecule has 0 bridgehead atoms. The Morgan fingerprint density at radius 1 is 1.24 bits per heavy atom. The van der Waals surface area contributed by atoms with Crippen molar-refractivity contribution >= 4 is 17.5 Å². The van der Waals surface area contributed by atoms with E-state index in [1.54, 1.807) is 0 Å². The molecule has 1 aromatic heterocycles. The van der Waals surface area contributed by atoms with Gasteiger partial charge in [0.1, 0.15) is 5.75 Å². The topological polar surface area (TPSA) is 69.9 Å². The lowest BCUT2D eigenvalue weighted by molar-refractivity contribution is -0.0498. The second-order valence-corrected chi connectivity index (χ2v) is 6.76. The van der Waals surface area contributed by atoms with Gasteiger partial charge in [0.05, 0.1) is 11.8 Å². The SMILES string of the molecule is O=C(CSc1nnnn1C1CCCCC1)c1ccc(OC(F)F)cc1. The molecule has 1 aliphatic rings. The molecular formula is C16H18F2N4O2S. The number of rotatable bonds is 7. The predicted octanol–water partition coefficient (Wildman–Crippen LogP) is 3.75. The van der Waals surface area contributed by atoms with Gasteiger partial charge in [-0.25, -0.2) is 4.68 Å². The van der Waals surface area contributed by atoms with Crippen molar-refractivity contribution < 1.29 is 18.3 Å². The summed E-state index contributed by atoms with van der Waals surface area (Å²) in [5, 5.41) is 12.4. The highest BCUT2D eigenvalue weighted by atomic mass is 32.2. The minimum Gasteiger partial charge on any atom is -0.435 e. The van der Waals surface area contributed by atoms with Crippen LogP contribution in [0, 0.1) is 0 Å². The first-order valence-electron chi connectivity index (χ1n) is 8.12. The van der Waals surface area contributed by atoms with Crippen molar-refractivity contribution in [2.45, 2.75) is 49.9 Å². The average Bonchev–Trinajstić information content (AvgIpc) is 3.09. The number of Topliss-reactive ketones (excluding diaryl/α,β-unsaturated/α-hetero) is 1. The Hall–Kier alpha value is -2.03. The summed E-state index contributed by atoms with van der Waals surface area (Å²) in [5.74, 6) is 0.0922. The maximum absolute atomic E-state index is 12.3. The van der Waals surface area contributed by atoms with Crippen LogP contribution >= 0.6 is 11.8 Å². The fourth-order valence-electron chi connectivity index (χ4n) is 2.87. The Kier molecular flexibility index (Phi) is 5.95. The third-order valence-electron chi connectivity index (χ3n) is 4.12. The molecule has 0 radical (unpaired) electrons. The molecule has 25 heavy (non-hydrogen) atoms. The highest BCUT2D eigenvalue weighted by molar-refractivity contribution is 7.99. The van der Waals surface area contributed by atoms with Crippen LogP contribution in [0.5, 0.6) is 5.75 Å². The lowest BCUT2D eigenvalue weighted by Gasteiger charge is -2.21. The van der Waals surface area contributed by atoms with Crippen LogP contribution in [0.4, 0.5) is 8.78 Å². The number of hydrogen-bond donors (Lipinski definition) is 0. The standard InChI is InChI=1S/C16H18F2N4O2S/c17-15(18)24-13-8-6-11(7-9-13)14(23)10-25-16-19-20-21-22(16)12-4-2-1-3-5-12/h6-9,12,15H,1-5,10H2. The molecule has 2 aromatic rings. The van der Waals surface area contributed by atoms with Crippen molar-refractivity contribution in [2.75, 3.05) is 5.75 Å². The van der Waals surface area contributed by atoms with Crippen LogP contribution in [0.25, 0.3) is 0 Å². The lowest BCUT2D eigenvalue weighted by Crippen LogP contribution is -2.15. The summed E-state index contributed by atoms with van der Waals surface area (Å²) in [4.78, 5) is 12.3. The van der Waals surface area contributed by atoms with Crippen LogP contribution in [0.15, 0.2) is 29.4 Å². The Bertz CT molecular complexity index is 702. The van der Waals surface area contributed by atoms with Crippen molar-refractivity contribution in [3.63, 3.8) is 0 Å². The number of nitrogens with zero attached hydrogens (tertiary/aromatic N) is 4. The van der Waals surface area contributed by atoms with Crippen molar-refractivity contribution in [1.29, 1.82) is 0 Å². The normalized spacial score (nSPS) is 15.5. The van der Waals surface area contributed by atoms with Gasteiger partial charge in [-0.2, -0.15) is 8.78 Å². The maximum atomic E-state index is 12.3. The van der Waals surface area contributed by atoms with Crippen molar-refractivity contribution in [3.05, 3.63) is 29.8 Å². The number of hydrogen-bond acceptors (Lipinski definition) is 6. The van der Waals surface area contributed by atoms with Gasteiger partial charge in [-0.05, 0) is 47.5 Å². The van der Waals surface area contributed by atoms with Gasteiger partial charge in [0.2, 0.25) is 5.16 Å². The smallest absolute Gasteiger partial charge is 0.387 e. The molecule has 3 rings (SSSR count). The lowest BCUT2D eigenvalue weighted by atomic mass is 9.96. The van der Waals surface area contributed by atoms with Gasteiger partial charge >= 0.3 is 6.61 Å². The van der Waals surface area contributed by atoms with E-state index in [0.717, 1.165) is 12.8 Å². The summed E-state index contributed by atoms with van der Waals surface area (Å²) in [6.45, 7) is -2.88. The molecule has 1 aliphatic carbocycles. The number of aromatic nitrogens is 4. The molecule has 0 atom stereocenters. The molecule has 9 heteroatoms. The summed E-state index contributed by atoms with van der Waals surface area (Å²) in [6.07, 6.45) is 5.68. The van der Waals surface area contributed by atoms with Gasteiger partial charge in [0.15, 0.2) is 5.78 Å².